The number of nitrogens with zero attached hydrogens (tertiary/aromatic N) is 2. The number of piperidine rings is 1. The number of nitrogens with one attached hydrogen (secondary N) is 2. The van der Waals surface area contributed by atoms with Crippen LogP contribution in [-0.4, -0.2) is 28.8 Å². The average Bonchev–Trinajstić information content (AvgIpc) is 3.10. The van der Waals surface area contributed by atoms with E-state index in [1.807, 2.05) is 0 Å². The number of hydrogen-bond donors (Lipinski definition) is 2. The Morgan fingerprint density at radius 2 is 2.07 bits per heavy atom. The van der Waals surface area contributed by atoms with Crippen LogP contribution in [-0.2, 0) is 11.0 Å². The molecule has 1 aromatic carbocycles. The van der Waals surface area contributed by atoms with Gasteiger partial charge in [0.05, 0.1) is 29.3 Å². The maximum absolute atomic E-state index is 12.8. The number of benzene rings is 1. The predicted octanol–water partition coefficient (Wildman–Crippen LogP) is 4.28. The smallest absolute Gasteiger partial charge is 0.323 e. The Bertz CT molecular complexity index is 787. The highest BCUT2D eigenvalue weighted by Gasteiger charge is 2.30. The van der Waals surface area contributed by atoms with Gasteiger partial charge in [-0.05, 0) is 56.0 Å². The quantitative estimate of drug-likeness (QED) is 0.765. The van der Waals surface area contributed by atoms with Gasteiger partial charge < -0.3 is 10.6 Å². The molecule has 2 heterocycles. The summed E-state index contributed by atoms with van der Waals surface area (Å²) >= 11 is 0. The molecule has 9 heteroatoms. The Morgan fingerprint density at radius 3 is 2.75 bits per heavy atom. The third-order valence-electron chi connectivity index (χ3n) is 5.00. The fraction of sp³-hybridized carbons (Fsp3) is 0.474. The number of rotatable bonds is 5. The van der Waals surface area contributed by atoms with Crippen molar-refractivity contribution in [3.8, 4) is 5.69 Å². The minimum atomic E-state index is -4.41. The van der Waals surface area contributed by atoms with E-state index in [1.54, 1.807) is 0 Å². The van der Waals surface area contributed by atoms with Crippen LogP contribution in [0.5, 0.6) is 0 Å². The summed E-state index contributed by atoms with van der Waals surface area (Å²) in [5.74, 6) is 0.708. The molecule has 2 aromatic rings. The summed E-state index contributed by atoms with van der Waals surface area (Å²) in [5, 5.41) is 10.2. The summed E-state index contributed by atoms with van der Waals surface area (Å²) in [5.41, 5.74) is 0.0141. The molecule has 0 spiro atoms. The second-order valence-electron chi connectivity index (χ2n) is 7.04. The Balaban J connectivity index is 0.00000280. The van der Waals surface area contributed by atoms with E-state index in [0.717, 1.165) is 38.1 Å². The van der Waals surface area contributed by atoms with Gasteiger partial charge in [-0.1, -0.05) is 13.0 Å². The molecule has 2 N–H and O–H groups in total. The molecule has 0 saturated carbocycles. The molecular weight excluding hydrogens is 393 g/mol. The molecule has 1 unspecified atom stereocenters. The average molecular weight is 417 g/mol. The number of halogens is 4. The molecule has 1 aliphatic rings. The molecule has 1 aromatic heterocycles. The molecule has 1 atom stereocenters. The van der Waals surface area contributed by atoms with Gasteiger partial charge in [-0.3, -0.25) is 4.79 Å². The summed E-state index contributed by atoms with van der Waals surface area (Å²) < 4.78 is 39.9. The van der Waals surface area contributed by atoms with Crippen LogP contribution in [0.3, 0.4) is 0 Å². The van der Waals surface area contributed by atoms with Crippen molar-refractivity contribution in [3.05, 3.63) is 42.2 Å². The standard InChI is InChI=1S/C19H23F3N4O.ClH/c1-13(14-5-7-23-8-6-14)9-18(27)25-16-11-24-26(12-16)17-4-2-3-15(10-17)19(20,21)22;/h2-4,10-14,23H,5-9H2,1H3,(H,25,27);1H. The van der Waals surface area contributed by atoms with Crippen molar-refractivity contribution in [1.82, 2.24) is 15.1 Å². The molecule has 1 fully saturated rings. The highest BCUT2D eigenvalue weighted by molar-refractivity contribution is 5.90. The minimum Gasteiger partial charge on any atom is -0.323 e. The number of hydrogen-bond acceptors (Lipinski definition) is 3. The molecule has 1 aliphatic heterocycles. The minimum absolute atomic E-state index is 0. The molecule has 0 bridgehead atoms. The van der Waals surface area contributed by atoms with Gasteiger partial charge >= 0.3 is 6.18 Å². The van der Waals surface area contributed by atoms with Gasteiger partial charge in [0, 0.05) is 6.42 Å². The van der Waals surface area contributed by atoms with Gasteiger partial charge in [0.1, 0.15) is 0 Å². The fourth-order valence-electron chi connectivity index (χ4n) is 3.44. The number of carbonyl (C=O) groups is 1. The lowest BCUT2D eigenvalue weighted by atomic mass is 9.84. The lowest BCUT2D eigenvalue weighted by molar-refractivity contribution is -0.137. The van der Waals surface area contributed by atoms with Crippen molar-refractivity contribution in [2.24, 2.45) is 11.8 Å². The highest BCUT2D eigenvalue weighted by atomic mass is 35.5. The first-order valence-electron chi connectivity index (χ1n) is 9.06. The first-order chi connectivity index (χ1) is 12.8. The Kier molecular flexibility index (Phi) is 7.48. The van der Waals surface area contributed by atoms with Gasteiger partial charge in [0.15, 0.2) is 0 Å². The molecule has 1 saturated heterocycles. The molecule has 28 heavy (non-hydrogen) atoms. The van der Waals surface area contributed by atoms with E-state index in [4.69, 9.17) is 0 Å². The normalized spacial score (nSPS) is 16.3. The molecule has 5 nitrogen and oxygen atoms in total. The topological polar surface area (TPSA) is 59.0 Å². The molecule has 0 aliphatic carbocycles. The van der Waals surface area contributed by atoms with Crippen LogP contribution >= 0.6 is 12.4 Å². The van der Waals surface area contributed by atoms with Crippen molar-refractivity contribution in [3.63, 3.8) is 0 Å². The van der Waals surface area contributed by atoms with Crippen molar-refractivity contribution in [1.29, 1.82) is 0 Å². The summed E-state index contributed by atoms with van der Waals surface area (Å²) in [4.78, 5) is 12.3. The van der Waals surface area contributed by atoms with E-state index in [-0.39, 0.29) is 29.9 Å². The zero-order chi connectivity index (χ0) is 19.4. The molecule has 154 valence electrons. The van der Waals surface area contributed by atoms with Crippen LogP contribution in [0.2, 0.25) is 0 Å². The van der Waals surface area contributed by atoms with Crippen LogP contribution in [0.4, 0.5) is 18.9 Å². The van der Waals surface area contributed by atoms with E-state index >= 15 is 0 Å². The largest absolute Gasteiger partial charge is 0.416 e. The van der Waals surface area contributed by atoms with Crippen molar-refractivity contribution in [2.45, 2.75) is 32.4 Å². The monoisotopic (exact) mass is 416 g/mol. The molecule has 3 rings (SSSR count). The Morgan fingerprint density at radius 1 is 1.36 bits per heavy atom. The molecule has 0 radical (unpaired) electrons. The van der Waals surface area contributed by atoms with Crippen molar-refractivity contribution >= 4 is 24.0 Å². The maximum atomic E-state index is 12.8. The lowest BCUT2D eigenvalue weighted by Gasteiger charge is -2.27. The third-order valence-corrected chi connectivity index (χ3v) is 5.00. The van der Waals surface area contributed by atoms with E-state index < -0.39 is 11.7 Å². The fourth-order valence-corrected chi connectivity index (χ4v) is 3.44. The Hall–Kier alpha value is -2.06. The number of anilines is 1. The van der Waals surface area contributed by atoms with Gasteiger partial charge in [0.2, 0.25) is 5.91 Å². The van der Waals surface area contributed by atoms with Gasteiger partial charge in [-0.25, -0.2) is 4.68 Å². The second-order valence-corrected chi connectivity index (χ2v) is 7.04. The molecular formula is C19H24ClF3N4O. The summed E-state index contributed by atoms with van der Waals surface area (Å²) in [6, 6.07) is 4.90. The van der Waals surface area contributed by atoms with E-state index in [1.165, 1.54) is 29.2 Å². The molecule has 1 amide bonds. The van der Waals surface area contributed by atoms with Crippen LogP contribution in [0, 0.1) is 11.8 Å². The number of aromatic nitrogens is 2. The van der Waals surface area contributed by atoms with Crippen molar-refractivity contribution < 1.29 is 18.0 Å². The number of carbonyl (C=O) groups excluding carboxylic acids is 1. The van der Waals surface area contributed by atoms with Gasteiger partial charge in [-0.2, -0.15) is 18.3 Å². The summed E-state index contributed by atoms with van der Waals surface area (Å²) in [6.07, 6.45) is 1.10. The highest BCUT2D eigenvalue weighted by Crippen LogP contribution is 2.30. The first-order valence-corrected chi connectivity index (χ1v) is 9.06. The second kappa shape index (κ2) is 9.43. The Labute approximate surface area is 168 Å². The lowest BCUT2D eigenvalue weighted by Crippen LogP contribution is -2.32. The summed E-state index contributed by atoms with van der Waals surface area (Å²) in [6.45, 7) is 4.06. The maximum Gasteiger partial charge on any atom is 0.416 e. The summed E-state index contributed by atoms with van der Waals surface area (Å²) in [7, 11) is 0. The van der Waals surface area contributed by atoms with Crippen LogP contribution in [0.1, 0.15) is 31.7 Å². The number of amides is 1. The van der Waals surface area contributed by atoms with Gasteiger partial charge in [0.25, 0.3) is 0 Å². The zero-order valence-corrected chi connectivity index (χ0v) is 16.3. The SMILES string of the molecule is CC(CC(=O)Nc1cnn(-c2cccc(C(F)(F)F)c2)c1)C1CCNCC1.Cl. The van der Waals surface area contributed by atoms with Crippen LogP contribution in [0.25, 0.3) is 5.69 Å². The van der Waals surface area contributed by atoms with Crippen molar-refractivity contribution in [2.75, 3.05) is 18.4 Å². The van der Waals surface area contributed by atoms with E-state index in [9.17, 15) is 18.0 Å². The third kappa shape index (κ3) is 5.72. The van der Waals surface area contributed by atoms with E-state index in [0.29, 0.717) is 18.0 Å². The van der Waals surface area contributed by atoms with E-state index in [2.05, 4.69) is 22.7 Å². The van der Waals surface area contributed by atoms with Crippen LogP contribution in [0.15, 0.2) is 36.7 Å². The predicted molar refractivity (Wildman–Crippen MR) is 104 cm³/mol. The number of alkyl halides is 3. The zero-order valence-electron chi connectivity index (χ0n) is 15.5. The van der Waals surface area contributed by atoms with Crippen LogP contribution < -0.4 is 10.6 Å². The first kappa shape index (κ1) is 22.2. The van der Waals surface area contributed by atoms with Gasteiger partial charge in [-0.15, -0.1) is 12.4 Å².